The molecule has 7 nitrogen and oxygen atoms in total. The predicted octanol–water partition coefficient (Wildman–Crippen LogP) is 4.73. The molecular formula is C25H25ClFN5O2. The van der Waals surface area contributed by atoms with Crippen LogP contribution in [0.15, 0.2) is 30.6 Å². The minimum Gasteiger partial charge on any atom is -0.373 e. The number of amides is 1. The summed E-state index contributed by atoms with van der Waals surface area (Å²) in [6.45, 7) is 1.10. The van der Waals surface area contributed by atoms with E-state index in [1.807, 2.05) is 10.9 Å². The van der Waals surface area contributed by atoms with Crippen LogP contribution < -0.4 is 0 Å². The molecule has 1 saturated heterocycles. The van der Waals surface area contributed by atoms with Crippen molar-refractivity contribution in [3.8, 4) is 11.3 Å². The summed E-state index contributed by atoms with van der Waals surface area (Å²) in [5.41, 5.74) is 2.95. The number of hydrogen-bond acceptors (Lipinski definition) is 5. The summed E-state index contributed by atoms with van der Waals surface area (Å²) in [5, 5.41) is 4.82. The van der Waals surface area contributed by atoms with Crippen LogP contribution in [0, 0.1) is 5.82 Å². The Balaban J connectivity index is 1.38. The van der Waals surface area contributed by atoms with E-state index in [-0.39, 0.29) is 17.9 Å². The molecule has 6 rings (SSSR count). The number of fused-ring (bicyclic) bond motifs is 1. The monoisotopic (exact) mass is 481 g/mol. The molecule has 176 valence electrons. The lowest BCUT2D eigenvalue weighted by atomic mass is 9.91. The molecule has 3 aromatic rings. The van der Waals surface area contributed by atoms with Gasteiger partial charge >= 0.3 is 0 Å². The Morgan fingerprint density at radius 3 is 2.79 bits per heavy atom. The maximum atomic E-state index is 14.9. The minimum atomic E-state index is -0.455. The van der Waals surface area contributed by atoms with E-state index in [4.69, 9.17) is 26.3 Å². The van der Waals surface area contributed by atoms with Gasteiger partial charge in [-0.2, -0.15) is 5.10 Å². The zero-order valence-corrected chi connectivity index (χ0v) is 19.6. The maximum absolute atomic E-state index is 14.9. The highest BCUT2D eigenvalue weighted by Crippen LogP contribution is 2.40. The molecule has 1 amide bonds. The number of halogens is 2. The second-order valence-corrected chi connectivity index (χ2v) is 9.86. The SMILES string of the molecule is CN1CCc2c(nc([C@@H]3CCO[C@H](c4cnn(C5CC5)c4)C3)nc2-c2ccc(Cl)cc2F)C1=O. The van der Waals surface area contributed by atoms with E-state index in [0.29, 0.717) is 65.4 Å². The molecular weight excluding hydrogens is 457 g/mol. The van der Waals surface area contributed by atoms with Gasteiger partial charge in [0.2, 0.25) is 0 Å². The van der Waals surface area contributed by atoms with Crippen molar-refractivity contribution in [1.82, 2.24) is 24.6 Å². The van der Waals surface area contributed by atoms with E-state index in [1.54, 1.807) is 24.1 Å². The van der Waals surface area contributed by atoms with Crippen molar-refractivity contribution in [2.24, 2.45) is 0 Å². The van der Waals surface area contributed by atoms with Gasteiger partial charge in [0, 0.05) is 54.0 Å². The fraction of sp³-hybridized carbons (Fsp3) is 0.440. The third-order valence-electron chi connectivity index (χ3n) is 7.02. The van der Waals surface area contributed by atoms with Crippen LogP contribution in [0.25, 0.3) is 11.3 Å². The Hall–Kier alpha value is -2.84. The molecule has 2 aliphatic heterocycles. The maximum Gasteiger partial charge on any atom is 0.272 e. The first-order valence-corrected chi connectivity index (χ1v) is 12.1. The van der Waals surface area contributed by atoms with Crippen molar-refractivity contribution < 1.29 is 13.9 Å². The van der Waals surface area contributed by atoms with E-state index in [2.05, 4.69) is 11.3 Å². The fourth-order valence-corrected chi connectivity index (χ4v) is 5.04. The summed E-state index contributed by atoms with van der Waals surface area (Å²) in [4.78, 5) is 24.3. The molecule has 0 bridgehead atoms. The van der Waals surface area contributed by atoms with Crippen LogP contribution in [0.5, 0.6) is 0 Å². The third-order valence-corrected chi connectivity index (χ3v) is 7.26. The first kappa shape index (κ1) is 21.7. The van der Waals surface area contributed by atoms with Crippen LogP contribution in [-0.2, 0) is 11.2 Å². The molecule has 2 atom stereocenters. The highest BCUT2D eigenvalue weighted by molar-refractivity contribution is 6.30. The zero-order valence-electron chi connectivity index (χ0n) is 18.9. The number of ether oxygens (including phenoxy) is 1. The predicted molar refractivity (Wildman–Crippen MR) is 124 cm³/mol. The van der Waals surface area contributed by atoms with Crippen LogP contribution in [-0.4, -0.2) is 50.8 Å². The van der Waals surface area contributed by atoms with Gasteiger partial charge in [0.1, 0.15) is 17.3 Å². The molecule has 9 heteroatoms. The van der Waals surface area contributed by atoms with Gasteiger partial charge in [-0.1, -0.05) is 11.6 Å². The smallest absolute Gasteiger partial charge is 0.272 e. The van der Waals surface area contributed by atoms with Crippen molar-refractivity contribution in [3.63, 3.8) is 0 Å². The lowest BCUT2D eigenvalue weighted by molar-refractivity contribution is 0.00387. The lowest BCUT2D eigenvalue weighted by Gasteiger charge is -2.30. The standard InChI is InChI=1S/C25H25ClFN5O2/c1-31-8-6-19-22(18-5-2-16(26)11-20(18)27)29-24(30-23(19)25(31)33)14-7-9-34-21(10-14)15-12-28-32(13-15)17-3-4-17/h2,5,11-14,17,21H,3-4,6-10H2,1H3/t14-,21+/m1/s1. The molecule has 34 heavy (non-hydrogen) atoms. The summed E-state index contributed by atoms with van der Waals surface area (Å²) in [6.07, 6.45) is 8.18. The topological polar surface area (TPSA) is 73.1 Å². The molecule has 0 N–H and O–H groups in total. The molecule has 1 saturated carbocycles. The first-order chi connectivity index (χ1) is 16.5. The average Bonchev–Trinajstić information content (AvgIpc) is 3.57. The highest BCUT2D eigenvalue weighted by Gasteiger charge is 2.34. The number of carbonyl (C=O) groups excluding carboxylic acids is 1. The first-order valence-electron chi connectivity index (χ1n) is 11.8. The van der Waals surface area contributed by atoms with Gasteiger partial charge in [-0.25, -0.2) is 14.4 Å². The van der Waals surface area contributed by atoms with Crippen LogP contribution in [0.3, 0.4) is 0 Å². The van der Waals surface area contributed by atoms with Gasteiger partial charge < -0.3 is 9.64 Å². The van der Waals surface area contributed by atoms with Crippen LogP contribution in [0.2, 0.25) is 5.02 Å². The van der Waals surface area contributed by atoms with Crippen LogP contribution in [0.4, 0.5) is 4.39 Å². The summed E-state index contributed by atoms with van der Waals surface area (Å²) < 4.78 is 23.0. The summed E-state index contributed by atoms with van der Waals surface area (Å²) in [7, 11) is 1.76. The lowest BCUT2D eigenvalue weighted by Crippen LogP contribution is -2.36. The molecule has 2 aromatic heterocycles. The summed E-state index contributed by atoms with van der Waals surface area (Å²) >= 11 is 5.99. The van der Waals surface area contributed by atoms with E-state index in [0.717, 1.165) is 12.0 Å². The number of likely N-dealkylation sites (N-methyl/N-ethyl adjacent to an activating group) is 1. The molecule has 3 aliphatic rings. The van der Waals surface area contributed by atoms with E-state index < -0.39 is 5.82 Å². The van der Waals surface area contributed by atoms with Crippen molar-refractivity contribution in [2.45, 2.75) is 50.2 Å². The Morgan fingerprint density at radius 1 is 1.18 bits per heavy atom. The minimum absolute atomic E-state index is 0.0116. The number of hydrogen-bond donors (Lipinski definition) is 0. The Kier molecular flexibility index (Phi) is 5.37. The molecule has 0 radical (unpaired) electrons. The van der Waals surface area contributed by atoms with Crippen LogP contribution >= 0.6 is 11.6 Å². The van der Waals surface area contributed by atoms with Gasteiger partial charge in [-0.05, 0) is 50.3 Å². The van der Waals surface area contributed by atoms with Gasteiger partial charge in [-0.15, -0.1) is 0 Å². The molecule has 1 aliphatic carbocycles. The average molecular weight is 482 g/mol. The number of benzene rings is 1. The van der Waals surface area contributed by atoms with E-state index in [9.17, 15) is 9.18 Å². The van der Waals surface area contributed by atoms with Gasteiger partial charge in [0.15, 0.2) is 0 Å². The van der Waals surface area contributed by atoms with Crippen LogP contribution in [0.1, 0.15) is 71.2 Å². The number of nitrogens with zero attached hydrogens (tertiary/aromatic N) is 5. The third kappa shape index (κ3) is 3.88. The van der Waals surface area contributed by atoms with E-state index in [1.165, 1.54) is 18.9 Å². The van der Waals surface area contributed by atoms with Crippen molar-refractivity contribution in [2.75, 3.05) is 20.2 Å². The fourth-order valence-electron chi connectivity index (χ4n) is 4.89. The molecule has 0 unspecified atom stereocenters. The van der Waals surface area contributed by atoms with Gasteiger partial charge in [0.25, 0.3) is 5.91 Å². The second-order valence-electron chi connectivity index (χ2n) is 9.42. The number of aromatic nitrogens is 4. The molecule has 4 heterocycles. The normalized spacial score (nSPS) is 22.7. The Bertz CT molecular complexity index is 1270. The van der Waals surface area contributed by atoms with Crippen molar-refractivity contribution in [1.29, 1.82) is 0 Å². The Morgan fingerprint density at radius 2 is 2.00 bits per heavy atom. The quantitative estimate of drug-likeness (QED) is 0.538. The number of rotatable bonds is 4. The van der Waals surface area contributed by atoms with Gasteiger partial charge in [-0.3, -0.25) is 9.48 Å². The molecule has 2 fully saturated rings. The van der Waals surface area contributed by atoms with Crippen molar-refractivity contribution >= 4 is 17.5 Å². The zero-order chi connectivity index (χ0) is 23.4. The molecule has 1 aromatic carbocycles. The second kappa shape index (κ2) is 8.43. The Labute approximate surface area is 201 Å². The molecule has 0 spiro atoms. The van der Waals surface area contributed by atoms with Crippen molar-refractivity contribution in [3.05, 3.63) is 64.1 Å². The summed E-state index contributed by atoms with van der Waals surface area (Å²) in [6, 6.07) is 5.07. The van der Waals surface area contributed by atoms with E-state index >= 15 is 0 Å². The summed E-state index contributed by atoms with van der Waals surface area (Å²) in [5.74, 6) is -0.0602. The highest BCUT2D eigenvalue weighted by atomic mass is 35.5. The van der Waals surface area contributed by atoms with Gasteiger partial charge in [0.05, 0.1) is 24.0 Å². The largest absolute Gasteiger partial charge is 0.373 e. The number of carbonyl (C=O) groups is 1.